The van der Waals surface area contributed by atoms with Crippen molar-refractivity contribution < 1.29 is 14.6 Å². The van der Waals surface area contributed by atoms with E-state index in [1.807, 2.05) is 24.3 Å². The summed E-state index contributed by atoms with van der Waals surface area (Å²) in [5, 5.41) is 15.5. The first-order valence-corrected chi connectivity index (χ1v) is 7.36. The largest absolute Gasteiger partial charge is 0.490 e. The molecule has 2 N–H and O–H groups in total. The highest BCUT2D eigenvalue weighted by Gasteiger charge is 2.18. The van der Waals surface area contributed by atoms with Gasteiger partial charge in [0.25, 0.3) is 0 Å². The van der Waals surface area contributed by atoms with Gasteiger partial charge in [-0.2, -0.15) is 5.10 Å². The zero-order valence-corrected chi connectivity index (χ0v) is 12.5. The third-order valence-electron chi connectivity index (χ3n) is 3.91. The fraction of sp³-hybridized carbons (Fsp3) is 0.375. The molecule has 1 aromatic carbocycles. The van der Waals surface area contributed by atoms with E-state index < -0.39 is 5.97 Å². The van der Waals surface area contributed by atoms with Crippen LogP contribution in [0.15, 0.2) is 30.3 Å². The molecule has 0 saturated carbocycles. The molecule has 1 aromatic heterocycles. The summed E-state index contributed by atoms with van der Waals surface area (Å²) in [4.78, 5) is 13.2. The number of H-pyrrole nitrogens is 1. The van der Waals surface area contributed by atoms with Gasteiger partial charge >= 0.3 is 5.97 Å². The van der Waals surface area contributed by atoms with Crippen LogP contribution in [0.1, 0.15) is 23.3 Å². The van der Waals surface area contributed by atoms with Crippen molar-refractivity contribution in [1.29, 1.82) is 0 Å². The fourth-order valence-corrected chi connectivity index (χ4v) is 2.60. The topological polar surface area (TPSA) is 78.5 Å². The summed E-state index contributed by atoms with van der Waals surface area (Å²) in [6, 6.07) is 9.14. The molecule has 0 amide bonds. The molecule has 0 bridgehead atoms. The number of rotatable bonds is 4. The molecule has 0 radical (unpaired) electrons. The molecule has 116 valence electrons. The predicted molar refractivity (Wildman–Crippen MR) is 82.1 cm³/mol. The third kappa shape index (κ3) is 3.28. The number of aromatic nitrogens is 2. The van der Waals surface area contributed by atoms with Crippen LogP contribution in [0.2, 0.25) is 0 Å². The molecule has 0 spiro atoms. The normalized spacial score (nSPS) is 16.6. The Kier molecular flexibility index (Phi) is 4.11. The lowest BCUT2D eigenvalue weighted by Crippen LogP contribution is -2.35. The summed E-state index contributed by atoms with van der Waals surface area (Å²) in [6.45, 7) is 2.09. The number of hydrogen-bond donors (Lipinski definition) is 2. The number of benzene rings is 1. The zero-order valence-electron chi connectivity index (χ0n) is 12.5. The lowest BCUT2D eigenvalue weighted by molar-refractivity contribution is 0.0690. The molecule has 1 fully saturated rings. The molecule has 0 unspecified atom stereocenters. The van der Waals surface area contributed by atoms with Crippen molar-refractivity contribution in [3.05, 3.63) is 36.0 Å². The second kappa shape index (κ2) is 6.19. The van der Waals surface area contributed by atoms with E-state index >= 15 is 0 Å². The van der Waals surface area contributed by atoms with Crippen LogP contribution in [0.5, 0.6) is 5.75 Å². The van der Waals surface area contributed by atoms with Crippen LogP contribution in [-0.2, 0) is 0 Å². The highest BCUT2D eigenvalue weighted by atomic mass is 16.5. The Morgan fingerprint density at radius 1 is 1.36 bits per heavy atom. The number of carbonyl (C=O) groups is 1. The minimum atomic E-state index is -1.02. The molecule has 6 nitrogen and oxygen atoms in total. The minimum Gasteiger partial charge on any atom is -0.490 e. The summed E-state index contributed by atoms with van der Waals surface area (Å²) in [5.41, 5.74) is 1.53. The van der Waals surface area contributed by atoms with E-state index in [4.69, 9.17) is 9.84 Å². The Labute approximate surface area is 128 Å². The fourth-order valence-electron chi connectivity index (χ4n) is 2.60. The molecule has 3 rings (SSSR count). The summed E-state index contributed by atoms with van der Waals surface area (Å²) in [6.07, 6.45) is 2.28. The lowest BCUT2D eigenvalue weighted by atomic mass is 10.1. The number of aromatic amines is 1. The van der Waals surface area contributed by atoms with Crippen LogP contribution in [0, 0.1) is 0 Å². The monoisotopic (exact) mass is 301 g/mol. The van der Waals surface area contributed by atoms with Gasteiger partial charge in [-0.05, 0) is 38.1 Å². The first-order valence-electron chi connectivity index (χ1n) is 7.36. The summed E-state index contributed by atoms with van der Waals surface area (Å²) in [5.74, 6) is -0.218. The van der Waals surface area contributed by atoms with Gasteiger partial charge in [-0.3, -0.25) is 5.10 Å². The van der Waals surface area contributed by atoms with E-state index in [9.17, 15) is 4.79 Å². The van der Waals surface area contributed by atoms with E-state index in [-0.39, 0.29) is 11.8 Å². The molecule has 6 heteroatoms. The van der Waals surface area contributed by atoms with Gasteiger partial charge in [-0.25, -0.2) is 4.79 Å². The van der Waals surface area contributed by atoms with Crippen molar-refractivity contribution in [1.82, 2.24) is 15.1 Å². The second-order valence-electron chi connectivity index (χ2n) is 5.62. The van der Waals surface area contributed by atoms with Crippen LogP contribution < -0.4 is 4.74 Å². The predicted octanol–water partition coefficient (Wildman–Crippen LogP) is 2.25. The molecule has 0 atom stereocenters. The summed E-state index contributed by atoms with van der Waals surface area (Å²) < 4.78 is 6.04. The highest BCUT2D eigenvalue weighted by molar-refractivity contribution is 5.86. The van der Waals surface area contributed by atoms with Gasteiger partial charge in [-0.15, -0.1) is 0 Å². The van der Waals surface area contributed by atoms with Crippen LogP contribution in [-0.4, -0.2) is 52.4 Å². The molecule has 1 aliphatic heterocycles. The van der Waals surface area contributed by atoms with E-state index in [1.165, 1.54) is 6.07 Å². The number of aromatic carboxylic acids is 1. The van der Waals surface area contributed by atoms with Crippen molar-refractivity contribution in [3.63, 3.8) is 0 Å². The van der Waals surface area contributed by atoms with Crippen LogP contribution >= 0.6 is 0 Å². The number of carboxylic acid groups (broad SMARTS) is 1. The molecule has 1 aliphatic rings. The number of carboxylic acids is 1. The van der Waals surface area contributed by atoms with E-state index in [0.717, 1.165) is 37.2 Å². The minimum absolute atomic E-state index is 0.0802. The summed E-state index contributed by atoms with van der Waals surface area (Å²) in [7, 11) is 2.12. The molecule has 22 heavy (non-hydrogen) atoms. The van der Waals surface area contributed by atoms with Gasteiger partial charge in [0.05, 0.1) is 5.69 Å². The van der Waals surface area contributed by atoms with Crippen molar-refractivity contribution in [2.75, 3.05) is 20.1 Å². The van der Waals surface area contributed by atoms with E-state index in [1.54, 1.807) is 0 Å². The second-order valence-corrected chi connectivity index (χ2v) is 5.62. The number of ether oxygens (including phenoxy) is 1. The standard InChI is InChI=1S/C16H19N3O3/c1-19-7-5-12(6-8-19)22-13-4-2-3-11(9-13)14-10-15(16(20)21)18-17-14/h2-4,9-10,12H,5-8H2,1H3,(H,17,18)(H,20,21). The number of likely N-dealkylation sites (tertiary alicyclic amines) is 1. The molecule has 1 saturated heterocycles. The van der Waals surface area contributed by atoms with Crippen molar-refractivity contribution in [3.8, 4) is 17.0 Å². The molecule has 0 aliphatic carbocycles. The smallest absolute Gasteiger partial charge is 0.353 e. The van der Waals surface area contributed by atoms with Crippen LogP contribution in [0.25, 0.3) is 11.3 Å². The molecule has 2 heterocycles. The zero-order chi connectivity index (χ0) is 15.5. The maximum atomic E-state index is 10.9. The maximum absolute atomic E-state index is 10.9. The molecule has 2 aromatic rings. The van der Waals surface area contributed by atoms with E-state index in [0.29, 0.717) is 5.69 Å². The number of nitrogens with zero attached hydrogens (tertiary/aromatic N) is 2. The van der Waals surface area contributed by atoms with Gasteiger partial charge in [0, 0.05) is 18.7 Å². The number of hydrogen-bond acceptors (Lipinski definition) is 4. The number of nitrogens with one attached hydrogen (secondary N) is 1. The maximum Gasteiger partial charge on any atom is 0.353 e. The molecular formula is C16H19N3O3. The van der Waals surface area contributed by atoms with Gasteiger partial charge < -0.3 is 14.7 Å². The highest BCUT2D eigenvalue weighted by Crippen LogP contribution is 2.25. The Morgan fingerprint density at radius 2 is 2.14 bits per heavy atom. The average molecular weight is 301 g/mol. The molecular weight excluding hydrogens is 282 g/mol. The average Bonchev–Trinajstić information content (AvgIpc) is 3.00. The Balaban J connectivity index is 1.73. The van der Waals surface area contributed by atoms with E-state index in [2.05, 4.69) is 22.1 Å². The Morgan fingerprint density at radius 3 is 2.82 bits per heavy atom. The Hall–Kier alpha value is -2.34. The quantitative estimate of drug-likeness (QED) is 0.905. The van der Waals surface area contributed by atoms with Crippen molar-refractivity contribution in [2.45, 2.75) is 18.9 Å². The van der Waals surface area contributed by atoms with Crippen LogP contribution in [0.4, 0.5) is 0 Å². The van der Waals surface area contributed by atoms with Gasteiger partial charge in [0.2, 0.25) is 0 Å². The van der Waals surface area contributed by atoms with Crippen molar-refractivity contribution >= 4 is 5.97 Å². The van der Waals surface area contributed by atoms with Gasteiger partial charge in [0.1, 0.15) is 17.5 Å². The lowest BCUT2D eigenvalue weighted by Gasteiger charge is -2.29. The van der Waals surface area contributed by atoms with Crippen molar-refractivity contribution in [2.24, 2.45) is 0 Å². The first-order chi connectivity index (χ1) is 10.6. The Bertz CT molecular complexity index is 660. The SMILES string of the molecule is CN1CCC(Oc2cccc(-c3cc(C(=O)O)[nH]n3)c2)CC1. The third-order valence-corrected chi connectivity index (χ3v) is 3.91. The number of piperidine rings is 1. The van der Waals surface area contributed by atoms with Gasteiger partial charge in [0.15, 0.2) is 0 Å². The summed E-state index contributed by atoms with van der Waals surface area (Å²) >= 11 is 0. The van der Waals surface area contributed by atoms with Gasteiger partial charge in [-0.1, -0.05) is 12.1 Å². The van der Waals surface area contributed by atoms with Crippen LogP contribution in [0.3, 0.4) is 0 Å². The first kappa shape index (κ1) is 14.6.